The first kappa shape index (κ1) is 27.0. The van der Waals surface area contributed by atoms with E-state index in [-0.39, 0.29) is 0 Å². The quantitative estimate of drug-likeness (QED) is 0.189. The van der Waals surface area contributed by atoms with E-state index in [0.29, 0.717) is 5.89 Å². The van der Waals surface area contributed by atoms with E-state index in [1.807, 2.05) is 66.7 Å². The van der Waals surface area contributed by atoms with Gasteiger partial charge in [0, 0.05) is 27.9 Å². The van der Waals surface area contributed by atoms with Crippen LogP contribution in [0.2, 0.25) is 0 Å². The summed E-state index contributed by atoms with van der Waals surface area (Å²) in [5, 5.41) is 2.17. The molecule has 7 aromatic carbocycles. The highest BCUT2D eigenvalue weighted by molar-refractivity contribution is 6.13. The van der Waals surface area contributed by atoms with E-state index in [9.17, 15) is 0 Å². The molecule has 0 saturated carbocycles. The maximum absolute atomic E-state index is 6.35. The van der Waals surface area contributed by atoms with Crippen LogP contribution in [-0.2, 0) is 0 Å². The van der Waals surface area contributed by atoms with Crippen LogP contribution in [0.25, 0.3) is 66.7 Å². The molecule has 4 nitrogen and oxygen atoms in total. The van der Waals surface area contributed by atoms with E-state index in [4.69, 9.17) is 13.8 Å². The van der Waals surface area contributed by atoms with Crippen molar-refractivity contribution in [1.82, 2.24) is 4.98 Å². The lowest BCUT2D eigenvalue weighted by Crippen LogP contribution is -2.10. The highest BCUT2D eigenvalue weighted by atomic mass is 16.3. The third-order valence-corrected chi connectivity index (χ3v) is 8.73. The van der Waals surface area contributed by atoms with Crippen molar-refractivity contribution in [2.45, 2.75) is 0 Å². The lowest BCUT2D eigenvalue weighted by molar-refractivity contribution is 0.621. The van der Waals surface area contributed by atoms with Gasteiger partial charge in [0.05, 0.1) is 11.1 Å². The van der Waals surface area contributed by atoms with Gasteiger partial charge >= 0.3 is 0 Å². The van der Waals surface area contributed by atoms with E-state index >= 15 is 0 Å². The third kappa shape index (κ3) is 4.75. The number of hydrogen-bond acceptors (Lipinski definition) is 4. The van der Waals surface area contributed by atoms with Gasteiger partial charge < -0.3 is 13.7 Å². The van der Waals surface area contributed by atoms with Gasteiger partial charge in [-0.2, -0.15) is 0 Å². The minimum atomic E-state index is 0.621. The summed E-state index contributed by atoms with van der Waals surface area (Å²) in [6, 6.07) is 58.6. The number of rotatable bonds is 6. The zero-order valence-electron chi connectivity index (χ0n) is 25.4. The number of hydrogen-bond donors (Lipinski definition) is 0. The smallest absolute Gasteiger partial charge is 0.227 e. The molecule has 9 aromatic rings. The van der Waals surface area contributed by atoms with Crippen LogP contribution in [0.5, 0.6) is 0 Å². The average molecular weight is 605 g/mol. The van der Waals surface area contributed by atoms with Gasteiger partial charge in [-0.25, -0.2) is 4.98 Å². The fourth-order valence-electron chi connectivity index (χ4n) is 6.47. The Morgan fingerprint density at radius 1 is 0.426 bits per heavy atom. The molecule has 0 aliphatic rings. The fourth-order valence-corrected chi connectivity index (χ4v) is 6.47. The van der Waals surface area contributed by atoms with E-state index in [2.05, 4.69) is 108 Å². The molecule has 9 rings (SSSR count). The van der Waals surface area contributed by atoms with E-state index < -0.39 is 0 Å². The van der Waals surface area contributed by atoms with Gasteiger partial charge in [-0.3, -0.25) is 0 Å². The highest BCUT2D eigenvalue weighted by Crippen LogP contribution is 2.44. The van der Waals surface area contributed by atoms with Crippen LogP contribution >= 0.6 is 0 Å². The summed E-state index contributed by atoms with van der Waals surface area (Å²) in [6.07, 6.45) is 0. The second-order valence-corrected chi connectivity index (χ2v) is 11.6. The Morgan fingerprint density at radius 2 is 1.02 bits per heavy atom. The zero-order valence-corrected chi connectivity index (χ0v) is 25.4. The van der Waals surface area contributed by atoms with Crippen molar-refractivity contribution in [2.24, 2.45) is 0 Å². The van der Waals surface area contributed by atoms with E-state index in [1.165, 1.54) is 11.1 Å². The minimum absolute atomic E-state index is 0.621. The van der Waals surface area contributed by atoms with Crippen LogP contribution < -0.4 is 4.90 Å². The summed E-state index contributed by atoms with van der Waals surface area (Å²) < 4.78 is 12.7. The largest absolute Gasteiger partial charge is 0.456 e. The van der Waals surface area contributed by atoms with E-state index in [1.54, 1.807) is 0 Å². The van der Waals surface area contributed by atoms with Gasteiger partial charge in [-0.1, -0.05) is 109 Å². The SMILES string of the molecule is c1ccc(-c2ccc(N(c3ccc(-c4cccc5nc(-c6ccccc6)oc45)cc3)c3cccc4oc5ccccc5c34)cc2)cc1. The van der Waals surface area contributed by atoms with Crippen LogP contribution in [-0.4, -0.2) is 4.98 Å². The standard InChI is InChI=1S/C43H28N2O2/c1-3-11-29(12-4-1)30-21-25-33(26-22-30)45(38-18-10-20-40-41(38)36-15-7-8-19-39(36)46-40)34-27-23-31(24-28-34)35-16-9-17-37-42(35)47-43(44-37)32-13-5-2-6-14-32/h1-28H. The lowest BCUT2D eigenvalue weighted by Gasteiger charge is -2.26. The number of nitrogens with zero attached hydrogens (tertiary/aromatic N) is 2. The first-order chi connectivity index (χ1) is 23.3. The topological polar surface area (TPSA) is 42.4 Å². The molecule has 4 heteroatoms. The summed E-state index contributed by atoms with van der Waals surface area (Å²) in [6.45, 7) is 0. The van der Waals surface area contributed by atoms with Gasteiger partial charge in [0.1, 0.15) is 16.7 Å². The van der Waals surface area contributed by atoms with Crippen LogP contribution in [0, 0.1) is 0 Å². The summed E-state index contributed by atoms with van der Waals surface area (Å²) in [4.78, 5) is 7.10. The minimum Gasteiger partial charge on any atom is -0.456 e. The number of anilines is 3. The van der Waals surface area contributed by atoms with Crippen molar-refractivity contribution in [1.29, 1.82) is 0 Å². The summed E-state index contributed by atoms with van der Waals surface area (Å²) in [7, 11) is 0. The Hall–Kier alpha value is -6.39. The maximum Gasteiger partial charge on any atom is 0.227 e. The molecule has 47 heavy (non-hydrogen) atoms. The fraction of sp³-hybridized carbons (Fsp3) is 0. The van der Waals surface area contributed by atoms with Gasteiger partial charge in [0.15, 0.2) is 5.58 Å². The van der Waals surface area contributed by atoms with E-state index in [0.717, 1.165) is 66.8 Å². The number of oxazole rings is 1. The Bertz CT molecular complexity index is 2500. The molecule has 2 aromatic heterocycles. The third-order valence-electron chi connectivity index (χ3n) is 8.73. The van der Waals surface area contributed by atoms with Gasteiger partial charge in [0.2, 0.25) is 5.89 Å². The summed E-state index contributed by atoms with van der Waals surface area (Å²) in [5.74, 6) is 0.621. The molecular formula is C43H28N2O2. The molecular weight excluding hydrogens is 576 g/mol. The molecule has 222 valence electrons. The first-order valence-corrected chi connectivity index (χ1v) is 15.7. The van der Waals surface area contributed by atoms with Crippen molar-refractivity contribution in [3.63, 3.8) is 0 Å². The Labute approximate surface area is 271 Å². The normalized spacial score (nSPS) is 11.4. The van der Waals surface area contributed by atoms with Crippen LogP contribution in [0.3, 0.4) is 0 Å². The van der Waals surface area contributed by atoms with Gasteiger partial charge in [0.25, 0.3) is 0 Å². The number of benzene rings is 7. The number of fused-ring (bicyclic) bond motifs is 4. The van der Waals surface area contributed by atoms with Crippen molar-refractivity contribution < 1.29 is 8.83 Å². The second kappa shape index (κ2) is 11.2. The highest BCUT2D eigenvalue weighted by Gasteiger charge is 2.20. The molecule has 0 amide bonds. The molecule has 2 heterocycles. The lowest BCUT2D eigenvalue weighted by atomic mass is 10.0. The van der Waals surface area contributed by atoms with Crippen molar-refractivity contribution >= 4 is 50.1 Å². The van der Waals surface area contributed by atoms with Crippen LogP contribution in [0.4, 0.5) is 17.1 Å². The second-order valence-electron chi connectivity index (χ2n) is 11.6. The molecule has 0 spiro atoms. The molecule has 0 aliphatic carbocycles. The van der Waals surface area contributed by atoms with Crippen molar-refractivity contribution in [3.05, 3.63) is 170 Å². The molecule has 0 saturated heterocycles. The number of para-hydroxylation sites is 2. The average Bonchev–Trinajstić information content (AvgIpc) is 3.76. The zero-order chi connectivity index (χ0) is 31.2. The Kier molecular flexibility index (Phi) is 6.43. The molecule has 0 N–H and O–H groups in total. The number of furan rings is 1. The maximum atomic E-state index is 6.35. The molecule has 0 aliphatic heterocycles. The summed E-state index contributed by atoms with van der Waals surface area (Å²) >= 11 is 0. The van der Waals surface area contributed by atoms with Crippen LogP contribution in [0.1, 0.15) is 0 Å². The molecule has 0 unspecified atom stereocenters. The molecule has 0 bridgehead atoms. The Morgan fingerprint density at radius 3 is 1.77 bits per heavy atom. The monoisotopic (exact) mass is 604 g/mol. The van der Waals surface area contributed by atoms with Gasteiger partial charge in [-0.05, 0) is 77.4 Å². The molecule has 0 radical (unpaired) electrons. The molecule has 0 atom stereocenters. The first-order valence-electron chi connectivity index (χ1n) is 15.7. The summed E-state index contributed by atoms with van der Waals surface area (Å²) in [5.41, 5.74) is 11.9. The molecule has 0 fully saturated rings. The van der Waals surface area contributed by atoms with Crippen molar-refractivity contribution in [3.8, 4) is 33.7 Å². The predicted molar refractivity (Wildman–Crippen MR) is 192 cm³/mol. The Balaban J connectivity index is 1.17. The predicted octanol–water partition coefficient (Wildman–Crippen LogP) is 12.2. The van der Waals surface area contributed by atoms with Crippen LogP contribution in [0.15, 0.2) is 179 Å². The number of aromatic nitrogens is 1. The van der Waals surface area contributed by atoms with Gasteiger partial charge in [-0.15, -0.1) is 0 Å². The van der Waals surface area contributed by atoms with Crippen molar-refractivity contribution in [2.75, 3.05) is 4.90 Å².